The van der Waals surface area contributed by atoms with E-state index in [4.69, 9.17) is 5.84 Å². The number of nitrogens with two attached hydrogens (primary N) is 1. The Morgan fingerprint density at radius 2 is 1.86 bits per heavy atom. The molecule has 0 radical (unpaired) electrons. The smallest absolute Gasteiger partial charge is 0.243 e. The second-order valence-electron chi connectivity index (χ2n) is 5.84. The van der Waals surface area contributed by atoms with Crippen molar-refractivity contribution < 1.29 is 8.42 Å². The molecule has 0 amide bonds. The van der Waals surface area contributed by atoms with E-state index in [0.29, 0.717) is 23.9 Å². The van der Waals surface area contributed by atoms with Crippen molar-refractivity contribution in [2.45, 2.75) is 44.9 Å². The normalized spacial score (nSPS) is 16.0. The Balaban J connectivity index is 2.37. The topological polar surface area (TPSA) is 75.4 Å². The quantitative estimate of drug-likeness (QED) is 0.625. The van der Waals surface area contributed by atoms with E-state index < -0.39 is 10.0 Å². The summed E-state index contributed by atoms with van der Waals surface area (Å²) in [6, 6.07) is 3.55. The minimum atomic E-state index is -3.44. The van der Waals surface area contributed by atoms with Crippen LogP contribution >= 0.6 is 0 Å². The zero-order valence-electron chi connectivity index (χ0n) is 13.0. The van der Waals surface area contributed by atoms with Crippen LogP contribution in [0.1, 0.15) is 37.3 Å². The summed E-state index contributed by atoms with van der Waals surface area (Å²) in [5.74, 6) is 5.93. The van der Waals surface area contributed by atoms with Gasteiger partial charge in [0.2, 0.25) is 10.0 Å². The van der Waals surface area contributed by atoms with Crippen molar-refractivity contribution in [2.24, 2.45) is 11.8 Å². The van der Waals surface area contributed by atoms with Gasteiger partial charge < -0.3 is 5.43 Å². The first kappa shape index (κ1) is 16.3. The molecule has 0 bridgehead atoms. The average Bonchev–Trinajstić information content (AvgIpc) is 2.35. The molecule has 1 aromatic rings. The maximum atomic E-state index is 13.0. The van der Waals surface area contributed by atoms with E-state index in [2.05, 4.69) is 5.43 Å². The molecule has 0 spiro atoms. The van der Waals surface area contributed by atoms with Crippen LogP contribution in [0.4, 0.5) is 5.69 Å². The van der Waals surface area contributed by atoms with Crippen LogP contribution in [0.15, 0.2) is 17.0 Å². The van der Waals surface area contributed by atoms with Crippen molar-refractivity contribution in [3.8, 4) is 0 Å². The fourth-order valence-corrected chi connectivity index (χ4v) is 4.87. The molecule has 3 N–H and O–H groups in total. The van der Waals surface area contributed by atoms with Gasteiger partial charge in [-0.3, -0.25) is 5.84 Å². The number of nitrogen functional groups attached to an aromatic ring is 1. The van der Waals surface area contributed by atoms with Crippen molar-refractivity contribution >= 4 is 15.7 Å². The lowest BCUT2D eigenvalue weighted by Crippen LogP contribution is -2.37. The lowest BCUT2D eigenvalue weighted by molar-refractivity contribution is 0.250. The number of benzene rings is 1. The van der Waals surface area contributed by atoms with E-state index >= 15 is 0 Å². The predicted octanol–water partition coefficient (Wildman–Crippen LogP) is 2.40. The van der Waals surface area contributed by atoms with Crippen LogP contribution in [0.3, 0.4) is 0 Å². The highest BCUT2D eigenvalue weighted by Gasteiger charge is 2.30. The van der Waals surface area contributed by atoms with Gasteiger partial charge in [0.25, 0.3) is 0 Å². The van der Waals surface area contributed by atoms with E-state index in [0.717, 1.165) is 29.7 Å². The number of hydrogen-bond acceptors (Lipinski definition) is 4. The molecular formula is C15H25N3O2S. The van der Waals surface area contributed by atoms with E-state index in [-0.39, 0.29) is 0 Å². The molecule has 0 heterocycles. The molecule has 6 heteroatoms. The Morgan fingerprint density at radius 3 is 2.24 bits per heavy atom. The molecule has 0 unspecified atom stereocenters. The van der Waals surface area contributed by atoms with Gasteiger partial charge in [-0.2, -0.15) is 4.31 Å². The molecule has 1 saturated carbocycles. The first-order valence-electron chi connectivity index (χ1n) is 7.48. The van der Waals surface area contributed by atoms with Crippen LogP contribution in [0.25, 0.3) is 0 Å². The molecule has 0 saturated heterocycles. The number of anilines is 1. The standard InChI is InChI=1S/C15H25N3O2S/c1-4-18(10-13-6-5-7-13)21(19,20)15-11(2)8-14(17-16)9-12(15)3/h8-9,13,17H,4-7,10,16H2,1-3H3. The summed E-state index contributed by atoms with van der Waals surface area (Å²) >= 11 is 0. The molecule has 0 aliphatic heterocycles. The fourth-order valence-electron chi connectivity index (χ4n) is 2.93. The number of nitrogens with one attached hydrogen (secondary N) is 1. The second kappa shape index (κ2) is 6.34. The molecule has 118 valence electrons. The van der Waals surface area contributed by atoms with Crippen LogP contribution < -0.4 is 11.3 Å². The monoisotopic (exact) mass is 311 g/mol. The van der Waals surface area contributed by atoms with Gasteiger partial charge in [0, 0.05) is 18.8 Å². The Morgan fingerprint density at radius 1 is 1.29 bits per heavy atom. The van der Waals surface area contributed by atoms with Crippen molar-refractivity contribution in [3.63, 3.8) is 0 Å². The van der Waals surface area contributed by atoms with Crippen LogP contribution in [0.2, 0.25) is 0 Å². The van der Waals surface area contributed by atoms with Gasteiger partial charge in [0.1, 0.15) is 0 Å². The zero-order valence-corrected chi connectivity index (χ0v) is 13.8. The number of rotatable bonds is 6. The number of aryl methyl sites for hydroxylation is 2. The largest absolute Gasteiger partial charge is 0.324 e. The Hall–Kier alpha value is -1.11. The maximum absolute atomic E-state index is 13.0. The third kappa shape index (κ3) is 3.22. The number of hydrazine groups is 1. The maximum Gasteiger partial charge on any atom is 0.243 e. The summed E-state index contributed by atoms with van der Waals surface area (Å²) in [6.07, 6.45) is 3.50. The Bertz CT molecular complexity index is 586. The van der Waals surface area contributed by atoms with Gasteiger partial charge in [-0.25, -0.2) is 8.42 Å². The zero-order chi connectivity index (χ0) is 15.6. The molecule has 21 heavy (non-hydrogen) atoms. The van der Waals surface area contributed by atoms with Gasteiger partial charge in [0.05, 0.1) is 4.90 Å². The van der Waals surface area contributed by atoms with Gasteiger partial charge in [-0.15, -0.1) is 0 Å². The summed E-state index contributed by atoms with van der Waals surface area (Å²) < 4.78 is 27.5. The number of hydrogen-bond donors (Lipinski definition) is 2. The summed E-state index contributed by atoms with van der Waals surface area (Å²) in [5, 5.41) is 0. The van der Waals surface area contributed by atoms with Gasteiger partial charge in [0.15, 0.2) is 0 Å². The molecule has 1 aliphatic carbocycles. The van der Waals surface area contributed by atoms with Crippen molar-refractivity contribution in [2.75, 3.05) is 18.5 Å². The molecular weight excluding hydrogens is 286 g/mol. The molecule has 0 atom stereocenters. The first-order chi connectivity index (χ1) is 9.90. The highest BCUT2D eigenvalue weighted by atomic mass is 32.2. The highest BCUT2D eigenvalue weighted by molar-refractivity contribution is 7.89. The minimum Gasteiger partial charge on any atom is -0.324 e. The van der Waals surface area contributed by atoms with E-state index in [1.165, 1.54) is 6.42 Å². The van der Waals surface area contributed by atoms with E-state index in [1.54, 1.807) is 16.4 Å². The van der Waals surface area contributed by atoms with Gasteiger partial charge in [-0.1, -0.05) is 13.3 Å². The van der Waals surface area contributed by atoms with Gasteiger partial charge >= 0.3 is 0 Å². The average molecular weight is 311 g/mol. The fraction of sp³-hybridized carbons (Fsp3) is 0.600. The van der Waals surface area contributed by atoms with Crippen molar-refractivity contribution in [1.29, 1.82) is 0 Å². The molecule has 1 aromatic carbocycles. The number of nitrogens with zero attached hydrogens (tertiary/aromatic N) is 1. The van der Waals surface area contributed by atoms with Crippen molar-refractivity contribution in [1.82, 2.24) is 4.31 Å². The lowest BCUT2D eigenvalue weighted by Gasteiger charge is -2.31. The van der Waals surface area contributed by atoms with Crippen LogP contribution in [-0.2, 0) is 10.0 Å². The molecule has 1 aliphatic rings. The van der Waals surface area contributed by atoms with Crippen LogP contribution in [0.5, 0.6) is 0 Å². The van der Waals surface area contributed by atoms with E-state index in [9.17, 15) is 8.42 Å². The summed E-state index contributed by atoms with van der Waals surface area (Å²) in [4.78, 5) is 0.419. The SMILES string of the molecule is CCN(CC1CCC1)S(=O)(=O)c1c(C)cc(NN)cc1C. The predicted molar refractivity (Wildman–Crippen MR) is 85.5 cm³/mol. The van der Waals surface area contributed by atoms with E-state index in [1.807, 2.05) is 20.8 Å². The third-order valence-electron chi connectivity index (χ3n) is 4.26. The molecule has 1 fully saturated rings. The lowest BCUT2D eigenvalue weighted by atomic mass is 9.85. The Kier molecular flexibility index (Phi) is 4.91. The summed E-state index contributed by atoms with van der Waals surface area (Å²) in [7, 11) is -3.44. The molecule has 2 rings (SSSR count). The first-order valence-corrected chi connectivity index (χ1v) is 8.92. The van der Waals surface area contributed by atoms with Gasteiger partial charge in [-0.05, 0) is 55.9 Å². The van der Waals surface area contributed by atoms with Crippen LogP contribution in [-0.4, -0.2) is 25.8 Å². The minimum absolute atomic E-state index is 0.419. The number of sulfonamides is 1. The summed E-state index contributed by atoms with van der Waals surface area (Å²) in [5.41, 5.74) is 4.76. The molecule has 5 nitrogen and oxygen atoms in total. The highest BCUT2D eigenvalue weighted by Crippen LogP contribution is 2.31. The molecule has 0 aromatic heterocycles. The third-order valence-corrected chi connectivity index (χ3v) is 6.51. The van der Waals surface area contributed by atoms with Crippen molar-refractivity contribution in [3.05, 3.63) is 23.3 Å². The summed E-state index contributed by atoms with van der Waals surface area (Å²) in [6.45, 7) is 6.68. The van der Waals surface area contributed by atoms with Crippen LogP contribution in [0, 0.1) is 19.8 Å². The second-order valence-corrected chi connectivity index (χ2v) is 7.71. The Labute approximate surface area is 127 Å².